The molecule has 0 atom stereocenters. The lowest BCUT2D eigenvalue weighted by Crippen LogP contribution is -2.24. The van der Waals surface area contributed by atoms with Crippen molar-refractivity contribution in [3.8, 4) is 5.69 Å². The molecule has 4 rings (SSSR count). The summed E-state index contributed by atoms with van der Waals surface area (Å²) in [6.45, 7) is 11.9. The van der Waals surface area contributed by atoms with E-state index in [1.165, 1.54) is 7.11 Å². The van der Waals surface area contributed by atoms with Crippen LogP contribution >= 0.6 is 0 Å². The minimum Gasteiger partial charge on any atom is -0.465 e. The number of allylic oxidation sites excluding steroid dienone is 1. The van der Waals surface area contributed by atoms with E-state index in [1.807, 2.05) is 64.1 Å². The number of carbonyl (C=O) groups excluding carboxylic acids is 2. The first kappa shape index (κ1) is 23.3. The van der Waals surface area contributed by atoms with E-state index in [1.54, 1.807) is 11.8 Å². The van der Waals surface area contributed by atoms with Gasteiger partial charge in [0, 0.05) is 28.5 Å². The fourth-order valence-corrected chi connectivity index (χ4v) is 4.84. The molecule has 0 saturated heterocycles. The predicted octanol–water partition coefficient (Wildman–Crippen LogP) is 5.90. The molecule has 1 amide bonds. The fraction of sp³-hybridized carbons (Fsp3) is 0.241. The summed E-state index contributed by atoms with van der Waals surface area (Å²) in [6.07, 6.45) is 1.82. The predicted molar refractivity (Wildman–Crippen MR) is 136 cm³/mol. The Morgan fingerprint density at radius 2 is 1.56 bits per heavy atom. The van der Waals surface area contributed by atoms with Crippen LogP contribution in [-0.4, -0.2) is 23.6 Å². The van der Waals surface area contributed by atoms with Crippen molar-refractivity contribution >= 4 is 23.6 Å². The Morgan fingerprint density at radius 1 is 0.912 bits per heavy atom. The van der Waals surface area contributed by atoms with Crippen molar-refractivity contribution in [1.29, 1.82) is 0 Å². The van der Waals surface area contributed by atoms with E-state index in [0.29, 0.717) is 16.8 Å². The topological polar surface area (TPSA) is 51.5 Å². The number of hydrogen-bond donors (Lipinski definition) is 0. The number of aromatic nitrogens is 1. The van der Waals surface area contributed by atoms with Crippen LogP contribution in [0.5, 0.6) is 0 Å². The maximum atomic E-state index is 13.7. The minimum atomic E-state index is -0.517. The Bertz CT molecular complexity index is 1370. The molecule has 5 heteroatoms. The van der Waals surface area contributed by atoms with Crippen LogP contribution in [0.4, 0.5) is 5.69 Å². The summed E-state index contributed by atoms with van der Waals surface area (Å²) < 4.78 is 7.25. The molecule has 1 aliphatic rings. The Balaban J connectivity index is 1.88. The molecule has 3 aromatic rings. The summed E-state index contributed by atoms with van der Waals surface area (Å²) >= 11 is 0. The third-order valence-electron chi connectivity index (χ3n) is 6.38. The number of esters is 1. The van der Waals surface area contributed by atoms with Crippen molar-refractivity contribution in [1.82, 2.24) is 4.57 Å². The lowest BCUT2D eigenvalue weighted by atomic mass is 10.0. The molecule has 0 aliphatic carbocycles. The Hall–Kier alpha value is -3.86. The van der Waals surface area contributed by atoms with Gasteiger partial charge >= 0.3 is 5.97 Å². The van der Waals surface area contributed by atoms with E-state index >= 15 is 0 Å². The van der Waals surface area contributed by atoms with Gasteiger partial charge < -0.3 is 9.30 Å². The summed E-state index contributed by atoms with van der Waals surface area (Å²) in [5, 5.41) is 0. The molecule has 0 radical (unpaired) electrons. The highest BCUT2D eigenvalue weighted by Crippen LogP contribution is 2.37. The summed E-state index contributed by atoms with van der Waals surface area (Å²) in [5.41, 5.74) is 9.25. The van der Waals surface area contributed by atoms with E-state index in [4.69, 9.17) is 4.74 Å². The molecular weight excluding hydrogens is 424 g/mol. The van der Waals surface area contributed by atoms with Crippen LogP contribution in [0.25, 0.3) is 11.8 Å². The van der Waals surface area contributed by atoms with E-state index in [-0.39, 0.29) is 5.91 Å². The van der Waals surface area contributed by atoms with Crippen molar-refractivity contribution in [2.45, 2.75) is 41.5 Å². The van der Waals surface area contributed by atoms with Crippen molar-refractivity contribution in [3.05, 3.63) is 99.0 Å². The van der Waals surface area contributed by atoms with Crippen LogP contribution in [0.15, 0.2) is 65.4 Å². The number of carbonyl (C=O) groups is 2. The zero-order chi connectivity index (χ0) is 24.7. The van der Waals surface area contributed by atoms with Gasteiger partial charge in [0.25, 0.3) is 5.91 Å². The van der Waals surface area contributed by atoms with Crippen molar-refractivity contribution in [2.24, 2.45) is 0 Å². The Kier molecular flexibility index (Phi) is 6.05. The molecule has 0 fully saturated rings. The van der Waals surface area contributed by atoms with Gasteiger partial charge in [0.15, 0.2) is 0 Å². The van der Waals surface area contributed by atoms with Crippen LogP contribution in [0.2, 0.25) is 0 Å². The first-order valence-corrected chi connectivity index (χ1v) is 11.3. The van der Waals surface area contributed by atoms with Gasteiger partial charge in [0.2, 0.25) is 0 Å². The van der Waals surface area contributed by atoms with Crippen LogP contribution in [-0.2, 0) is 14.3 Å². The van der Waals surface area contributed by atoms with Gasteiger partial charge in [0.1, 0.15) is 0 Å². The van der Waals surface area contributed by atoms with Crippen molar-refractivity contribution < 1.29 is 14.3 Å². The van der Waals surface area contributed by atoms with Crippen molar-refractivity contribution in [2.75, 3.05) is 12.0 Å². The second-order valence-corrected chi connectivity index (χ2v) is 8.94. The molecule has 34 heavy (non-hydrogen) atoms. The van der Waals surface area contributed by atoms with Gasteiger partial charge in [-0.3, -0.25) is 9.69 Å². The van der Waals surface area contributed by atoms with Crippen LogP contribution < -0.4 is 4.90 Å². The maximum Gasteiger partial charge on any atom is 0.340 e. The number of hydrogen-bond acceptors (Lipinski definition) is 3. The first-order valence-electron chi connectivity index (χ1n) is 11.3. The van der Waals surface area contributed by atoms with Crippen LogP contribution in [0.1, 0.15) is 40.6 Å². The second-order valence-electron chi connectivity index (χ2n) is 8.94. The molecule has 0 N–H and O–H groups in total. The number of benzene rings is 2. The maximum absolute atomic E-state index is 13.7. The standard InChI is InChI=1S/C29H30N2O3/c1-17-12-18(2)14-24(13-17)31-22(6)27(29(33)34-7)25(28(31)32)16-23-15-20(4)30(21(23)5)26-11-9-8-10-19(26)3/h8-16H,1-7H3/b25-16-. The summed E-state index contributed by atoms with van der Waals surface area (Å²) in [4.78, 5) is 28.1. The summed E-state index contributed by atoms with van der Waals surface area (Å²) in [7, 11) is 1.34. The molecule has 174 valence electrons. The highest BCUT2D eigenvalue weighted by atomic mass is 16.5. The van der Waals surface area contributed by atoms with Gasteiger partial charge in [-0.1, -0.05) is 24.3 Å². The average Bonchev–Trinajstić information content (AvgIpc) is 3.19. The third kappa shape index (κ3) is 3.87. The molecule has 0 spiro atoms. The van der Waals surface area contributed by atoms with E-state index in [2.05, 4.69) is 29.7 Å². The number of rotatable bonds is 4. The molecule has 0 saturated carbocycles. The number of amides is 1. The molecule has 2 aromatic carbocycles. The smallest absolute Gasteiger partial charge is 0.340 e. The lowest BCUT2D eigenvalue weighted by molar-refractivity contribution is -0.136. The quantitative estimate of drug-likeness (QED) is 0.364. The minimum absolute atomic E-state index is 0.233. The third-order valence-corrected chi connectivity index (χ3v) is 6.38. The largest absolute Gasteiger partial charge is 0.465 e. The fourth-order valence-electron chi connectivity index (χ4n) is 4.84. The number of methoxy groups -OCH3 is 1. The molecule has 1 aromatic heterocycles. The number of para-hydroxylation sites is 1. The van der Waals surface area contributed by atoms with Gasteiger partial charge in [-0.05, 0) is 94.1 Å². The monoisotopic (exact) mass is 454 g/mol. The molecule has 2 heterocycles. The zero-order valence-corrected chi connectivity index (χ0v) is 20.8. The average molecular weight is 455 g/mol. The highest BCUT2D eigenvalue weighted by Gasteiger charge is 2.38. The SMILES string of the molecule is COC(=O)C1=C(C)N(c2cc(C)cc(C)c2)C(=O)/C1=C\c1cc(C)n(-c2ccccc2C)c1C. The van der Waals surface area contributed by atoms with Gasteiger partial charge in [-0.25, -0.2) is 4.79 Å². The van der Waals surface area contributed by atoms with Crippen LogP contribution in [0, 0.1) is 34.6 Å². The Morgan fingerprint density at radius 3 is 2.18 bits per heavy atom. The molecule has 0 bridgehead atoms. The summed E-state index contributed by atoms with van der Waals surface area (Å²) in [6, 6.07) is 16.2. The molecular formula is C29H30N2O3. The second kappa shape index (κ2) is 8.82. The van der Waals surface area contributed by atoms with Crippen LogP contribution in [0.3, 0.4) is 0 Å². The molecule has 0 unspecified atom stereocenters. The Labute approximate surface area is 201 Å². The van der Waals surface area contributed by atoms with E-state index in [9.17, 15) is 9.59 Å². The number of ether oxygens (including phenoxy) is 1. The van der Waals surface area contributed by atoms with Gasteiger partial charge in [0.05, 0.1) is 18.3 Å². The summed E-state index contributed by atoms with van der Waals surface area (Å²) in [5.74, 6) is -0.750. The molecule has 5 nitrogen and oxygen atoms in total. The number of nitrogens with zero attached hydrogens (tertiary/aromatic N) is 2. The van der Waals surface area contributed by atoms with E-state index < -0.39 is 5.97 Å². The normalized spacial score (nSPS) is 15.0. The first-order chi connectivity index (χ1) is 16.1. The lowest BCUT2D eigenvalue weighted by Gasteiger charge is -2.19. The van der Waals surface area contributed by atoms with Gasteiger partial charge in [-0.15, -0.1) is 0 Å². The number of aryl methyl sites for hydroxylation is 4. The highest BCUT2D eigenvalue weighted by molar-refractivity contribution is 6.23. The van der Waals surface area contributed by atoms with E-state index in [0.717, 1.165) is 45.0 Å². The van der Waals surface area contributed by atoms with Gasteiger partial charge in [-0.2, -0.15) is 0 Å². The molecule has 1 aliphatic heterocycles. The van der Waals surface area contributed by atoms with Crippen molar-refractivity contribution in [3.63, 3.8) is 0 Å². The number of anilines is 1. The zero-order valence-electron chi connectivity index (χ0n) is 20.8.